The van der Waals surface area contributed by atoms with Crippen molar-refractivity contribution in [3.05, 3.63) is 35.4 Å². The highest BCUT2D eigenvalue weighted by Gasteiger charge is 2.35. The van der Waals surface area contributed by atoms with Crippen LogP contribution in [0.4, 0.5) is 0 Å². The van der Waals surface area contributed by atoms with E-state index >= 15 is 0 Å². The van der Waals surface area contributed by atoms with Gasteiger partial charge < -0.3 is 10.6 Å². The van der Waals surface area contributed by atoms with E-state index in [4.69, 9.17) is 0 Å². The number of hydrogen-bond acceptors (Lipinski definition) is 3. The molecule has 1 saturated heterocycles. The highest BCUT2D eigenvalue weighted by molar-refractivity contribution is 5.26. The molecule has 0 saturated carbocycles. The van der Waals surface area contributed by atoms with Gasteiger partial charge >= 0.3 is 0 Å². The standard InChI is InChI=1S/C16H27N3/c1-13-5-7-14(8-6-13)15(17-4)16(2,3)19-11-9-18-10-12-19/h5-8,15,17-18H,9-12H2,1-4H3. The molecular weight excluding hydrogens is 234 g/mol. The maximum absolute atomic E-state index is 3.51. The lowest BCUT2D eigenvalue weighted by molar-refractivity contribution is 0.0699. The zero-order chi connectivity index (χ0) is 13.9. The molecule has 1 heterocycles. The van der Waals surface area contributed by atoms with Gasteiger partial charge in [-0.1, -0.05) is 29.8 Å². The van der Waals surface area contributed by atoms with Crippen molar-refractivity contribution < 1.29 is 0 Å². The molecule has 1 fully saturated rings. The summed E-state index contributed by atoms with van der Waals surface area (Å²) in [7, 11) is 2.06. The normalized spacial score (nSPS) is 19.4. The largest absolute Gasteiger partial charge is 0.314 e. The second-order valence-corrected chi connectivity index (χ2v) is 6.02. The average molecular weight is 261 g/mol. The van der Waals surface area contributed by atoms with E-state index in [2.05, 4.69) is 67.6 Å². The van der Waals surface area contributed by atoms with E-state index in [0.29, 0.717) is 6.04 Å². The molecule has 106 valence electrons. The monoisotopic (exact) mass is 261 g/mol. The van der Waals surface area contributed by atoms with Crippen LogP contribution in [0, 0.1) is 6.92 Å². The minimum Gasteiger partial charge on any atom is -0.314 e. The minimum atomic E-state index is 0.117. The van der Waals surface area contributed by atoms with Crippen LogP contribution in [-0.2, 0) is 0 Å². The van der Waals surface area contributed by atoms with Crippen LogP contribution in [0.3, 0.4) is 0 Å². The quantitative estimate of drug-likeness (QED) is 0.867. The molecule has 0 bridgehead atoms. The van der Waals surface area contributed by atoms with E-state index in [1.54, 1.807) is 0 Å². The molecule has 0 radical (unpaired) electrons. The van der Waals surface area contributed by atoms with Crippen molar-refractivity contribution in [1.29, 1.82) is 0 Å². The average Bonchev–Trinajstić information content (AvgIpc) is 2.42. The summed E-state index contributed by atoms with van der Waals surface area (Å²) in [5, 5.41) is 6.94. The predicted molar refractivity (Wildman–Crippen MR) is 81.5 cm³/mol. The van der Waals surface area contributed by atoms with Crippen molar-refractivity contribution in [3.8, 4) is 0 Å². The molecular formula is C16H27N3. The number of benzene rings is 1. The van der Waals surface area contributed by atoms with Gasteiger partial charge in [-0.25, -0.2) is 0 Å². The first-order chi connectivity index (χ1) is 9.05. The third kappa shape index (κ3) is 3.16. The lowest BCUT2D eigenvalue weighted by Gasteiger charge is -2.46. The highest BCUT2D eigenvalue weighted by atomic mass is 15.3. The number of rotatable bonds is 4. The Hall–Kier alpha value is -0.900. The summed E-state index contributed by atoms with van der Waals surface area (Å²) in [6.45, 7) is 11.3. The van der Waals surface area contributed by atoms with Gasteiger partial charge in [0.15, 0.2) is 0 Å². The fourth-order valence-corrected chi connectivity index (χ4v) is 3.11. The summed E-state index contributed by atoms with van der Waals surface area (Å²) >= 11 is 0. The third-order valence-corrected chi connectivity index (χ3v) is 4.34. The molecule has 1 aromatic rings. The SMILES string of the molecule is CNC(c1ccc(C)cc1)C(C)(C)N1CCNCC1. The lowest BCUT2D eigenvalue weighted by atomic mass is 9.86. The maximum atomic E-state index is 3.51. The van der Waals surface area contributed by atoms with Gasteiger partial charge in [-0.2, -0.15) is 0 Å². The second-order valence-electron chi connectivity index (χ2n) is 6.02. The fourth-order valence-electron chi connectivity index (χ4n) is 3.11. The molecule has 3 nitrogen and oxygen atoms in total. The molecule has 2 rings (SSSR count). The first-order valence-electron chi connectivity index (χ1n) is 7.25. The van der Waals surface area contributed by atoms with Crippen LogP contribution in [0.5, 0.6) is 0 Å². The van der Waals surface area contributed by atoms with Crippen LogP contribution in [0.2, 0.25) is 0 Å². The van der Waals surface area contributed by atoms with Crippen LogP contribution in [0.1, 0.15) is 31.0 Å². The topological polar surface area (TPSA) is 27.3 Å². The van der Waals surface area contributed by atoms with Crippen molar-refractivity contribution in [3.63, 3.8) is 0 Å². The maximum Gasteiger partial charge on any atom is 0.0499 e. The van der Waals surface area contributed by atoms with Crippen LogP contribution in [0.15, 0.2) is 24.3 Å². The highest BCUT2D eigenvalue weighted by Crippen LogP contribution is 2.31. The molecule has 0 aliphatic carbocycles. The Morgan fingerprint density at radius 1 is 1.16 bits per heavy atom. The number of nitrogens with one attached hydrogen (secondary N) is 2. The van der Waals surface area contributed by atoms with E-state index in [0.717, 1.165) is 26.2 Å². The van der Waals surface area contributed by atoms with Crippen LogP contribution < -0.4 is 10.6 Å². The van der Waals surface area contributed by atoms with Gasteiger partial charge in [0.1, 0.15) is 0 Å². The molecule has 1 unspecified atom stereocenters. The summed E-state index contributed by atoms with van der Waals surface area (Å²) in [4.78, 5) is 2.59. The van der Waals surface area contributed by atoms with Gasteiger partial charge in [-0.3, -0.25) is 4.90 Å². The van der Waals surface area contributed by atoms with E-state index in [1.807, 2.05) is 0 Å². The van der Waals surface area contributed by atoms with Crippen molar-refractivity contribution >= 4 is 0 Å². The van der Waals surface area contributed by atoms with E-state index in [9.17, 15) is 0 Å². The number of hydrogen-bond donors (Lipinski definition) is 2. The predicted octanol–water partition coefficient (Wildman–Crippen LogP) is 1.94. The van der Waals surface area contributed by atoms with Gasteiger partial charge in [-0.15, -0.1) is 0 Å². The van der Waals surface area contributed by atoms with E-state index in [1.165, 1.54) is 11.1 Å². The van der Waals surface area contributed by atoms with Gasteiger partial charge in [0.05, 0.1) is 0 Å². The molecule has 1 aromatic carbocycles. The van der Waals surface area contributed by atoms with Crippen molar-refractivity contribution in [1.82, 2.24) is 15.5 Å². The van der Waals surface area contributed by atoms with Gasteiger partial charge in [0.2, 0.25) is 0 Å². The Kier molecular flexibility index (Phi) is 4.61. The number of nitrogens with zero attached hydrogens (tertiary/aromatic N) is 1. The Bertz CT molecular complexity index is 391. The number of likely N-dealkylation sites (N-methyl/N-ethyl adjacent to an activating group) is 1. The summed E-state index contributed by atoms with van der Waals surface area (Å²) < 4.78 is 0. The Morgan fingerprint density at radius 3 is 2.26 bits per heavy atom. The summed E-state index contributed by atoms with van der Waals surface area (Å²) in [5.41, 5.74) is 2.81. The molecule has 0 amide bonds. The van der Waals surface area contributed by atoms with E-state index < -0.39 is 0 Å². The van der Waals surface area contributed by atoms with E-state index in [-0.39, 0.29) is 5.54 Å². The Balaban J connectivity index is 2.21. The number of piperazine rings is 1. The van der Waals surface area contributed by atoms with Crippen LogP contribution >= 0.6 is 0 Å². The van der Waals surface area contributed by atoms with Gasteiger partial charge in [0.25, 0.3) is 0 Å². The summed E-state index contributed by atoms with van der Waals surface area (Å²) in [6.07, 6.45) is 0. The summed E-state index contributed by atoms with van der Waals surface area (Å²) in [6, 6.07) is 9.26. The second kappa shape index (κ2) is 6.04. The third-order valence-electron chi connectivity index (χ3n) is 4.34. The van der Waals surface area contributed by atoms with Gasteiger partial charge in [-0.05, 0) is 33.4 Å². The first-order valence-corrected chi connectivity index (χ1v) is 7.25. The van der Waals surface area contributed by atoms with Crippen molar-refractivity contribution in [2.24, 2.45) is 0 Å². The van der Waals surface area contributed by atoms with Crippen molar-refractivity contribution in [2.45, 2.75) is 32.4 Å². The van der Waals surface area contributed by atoms with Crippen molar-refractivity contribution in [2.75, 3.05) is 33.2 Å². The smallest absolute Gasteiger partial charge is 0.0499 e. The molecule has 3 heteroatoms. The van der Waals surface area contributed by atoms with Gasteiger partial charge in [0, 0.05) is 37.8 Å². The molecule has 1 atom stereocenters. The fraction of sp³-hybridized carbons (Fsp3) is 0.625. The lowest BCUT2D eigenvalue weighted by Crippen LogP contribution is -2.58. The molecule has 1 aliphatic rings. The van der Waals surface area contributed by atoms with Crippen LogP contribution in [0.25, 0.3) is 0 Å². The first kappa shape index (κ1) is 14.5. The Labute approximate surface area is 117 Å². The Morgan fingerprint density at radius 2 is 1.74 bits per heavy atom. The zero-order valence-corrected chi connectivity index (χ0v) is 12.7. The molecule has 2 N–H and O–H groups in total. The minimum absolute atomic E-state index is 0.117. The molecule has 0 spiro atoms. The molecule has 19 heavy (non-hydrogen) atoms. The summed E-state index contributed by atoms with van der Waals surface area (Å²) in [5.74, 6) is 0. The number of aryl methyl sites for hydroxylation is 1. The molecule has 0 aromatic heterocycles. The van der Waals surface area contributed by atoms with Crippen LogP contribution in [-0.4, -0.2) is 43.7 Å². The zero-order valence-electron chi connectivity index (χ0n) is 12.7. The molecule has 1 aliphatic heterocycles.